The molecule has 0 spiro atoms. The highest BCUT2D eigenvalue weighted by Crippen LogP contribution is 2.22. The first-order chi connectivity index (χ1) is 14.6. The molecule has 0 amide bonds. The molecule has 10 heteroatoms. The monoisotopic (exact) mass is 426 g/mol. The number of ether oxygens (including phenoxy) is 1. The van der Waals surface area contributed by atoms with Crippen molar-refractivity contribution in [3.8, 4) is 5.75 Å². The number of piperazine rings is 1. The number of pyridine rings is 1. The maximum absolute atomic E-state index is 12.9. The van der Waals surface area contributed by atoms with Gasteiger partial charge in [0.2, 0.25) is 10.0 Å². The number of anilines is 3. The summed E-state index contributed by atoms with van der Waals surface area (Å²) in [4.78, 5) is 6.35. The Labute approximate surface area is 175 Å². The molecule has 0 atom stereocenters. The van der Waals surface area contributed by atoms with E-state index in [0.717, 1.165) is 5.69 Å². The fourth-order valence-electron chi connectivity index (χ4n) is 3.20. The van der Waals surface area contributed by atoms with Crippen LogP contribution in [0.5, 0.6) is 5.75 Å². The second kappa shape index (κ2) is 8.64. The van der Waals surface area contributed by atoms with Gasteiger partial charge in [-0.15, -0.1) is 10.2 Å². The van der Waals surface area contributed by atoms with Gasteiger partial charge in [0.1, 0.15) is 5.75 Å². The highest BCUT2D eigenvalue weighted by atomic mass is 32.2. The van der Waals surface area contributed by atoms with E-state index in [1.807, 2.05) is 29.2 Å². The molecular weight excluding hydrogens is 404 g/mol. The topological polar surface area (TPSA) is 101 Å². The van der Waals surface area contributed by atoms with E-state index in [9.17, 15) is 8.42 Å². The minimum absolute atomic E-state index is 0.266. The van der Waals surface area contributed by atoms with Crippen LogP contribution in [0.3, 0.4) is 0 Å². The fourth-order valence-corrected chi connectivity index (χ4v) is 4.62. The standard InChI is InChI=1S/C20H22N6O3S/c1-29-17-4-6-18(7-5-17)30(27,28)26-13-11-25(12-14-26)20-9-8-19(23-24-20)22-16-3-2-10-21-15-16/h2-10,15H,11-14H2,1H3,(H,22,23). The number of sulfonamides is 1. The van der Waals surface area contributed by atoms with Gasteiger partial charge in [0.25, 0.3) is 0 Å². The Morgan fingerprint density at radius 1 is 0.967 bits per heavy atom. The maximum Gasteiger partial charge on any atom is 0.243 e. The van der Waals surface area contributed by atoms with Crippen LogP contribution in [-0.2, 0) is 10.0 Å². The fraction of sp³-hybridized carbons (Fsp3) is 0.250. The van der Waals surface area contributed by atoms with Gasteiger partial charge in [0.05, 0.1) is 23.9 Å². The lowest BCUT2D eigenvalue weighted by Crippen LogP contribution is -2.48. The molecule has 4 rings (SSSR count). The summed E-state index contributed by atoms with van der Waals surface area (Å²) in [5.74, 6) is 1.96. The van der Waals surface area contributed by atoms with Crippen molar-refractivity contribution in [2.75, 3.05) is 43.5 Å². The van der Waals surface area contributed by atoms with Crippen LogP contribution in [0.2, 0.25) is 0 Å². The van der Waals surface area contributed by atoms with Crippen molar-refractivity contribution in [3.63, 3.8) is 0 Å². The second-order valence-electron chi connectivity index (χ2n) is 6.71. The third-order valence-electron chi connectivity index (χ3n) is 4.84. The molecule has 3 aromatic rings. The van der Waals surface area contributed by atoms with Crippen LogP contribution in [-0.4, -0.2) is 61.2 Å². The molecule has 1 fully saturated rings. The van der Waals surface area contributed by atoms with Crippen molar-refractivity contribution in [2.45, 2.75) is 4.90 Å². The Bertz CT molecular complexity index is 1070. The third kappa shape index (κ3) is 4.34. The summed E-state index contributed by atoms with van der Waals surface area (Å²) in [5.41, 5.74) is 0.830. The van der Waals surface area contributed by atoms with Crippen LogP contribution in [0, 0.1) is 0 Å². The molecule has 0 bridgehead atoms. The van der Waals surface area contributed by atoms with Crippen molar-refractivity contribution >= 4 is 27.3 Å². The third-order valence-corrected chi connectivity index (χ3v) is 6.76. The number of methoxy groups -OCH3 is 1. The van der Waals surface area contributed by atoms with Crippen molar-refractivity contribution in [1.82, 2.24) is 19.5 Å². The molecule has 1 N–H and O–H groups in total. The van der Waals surface area contributed by atoms with Gasteiger partial charge in [-0.1, -0.05) is 0 Å². The van der Waals surface area contributed by atoms with Gasteiger partial charge in [-0.05, 0) is 48.5 Å². The van der Waals surface area contributed by atoms with Gasteiger partial charge in [-0.3, -0.25) is 4.98 Å². The Morgan fingerprint density at radius 3 is 2.33 bits per heavy atom. The number of aromatic nitrogens is 3. The zero-order valence-electron chi connectivity index (χ0n) is 16.5. The lowest BCUT2D eigenvalue weighted by Gasteiger charge is -2.34. The lowest BCUT2D eigenvalue weighted by molar-refractivity contribution is 0.383. The molecule has 9 nitrogen and oxygen atoms in total. The highest BCUT2D eigenvalue weighted by molar-refractivity contribution is 7.89. The lowest BCUT2D eigenvalue weighted by atomic mass is 10.3. The van der Waals surface area contributed by atoms with E-state index in [-0.39, 0.29) is 4.90 Å². The molecule has 1 aliphatic heterocycles. The Balaban J connectivity index is 1.38. The smallest absolute Gasteiger partial charge is 0.243 e. The quantitative estimate of drug-likeness (QED) is 0.640. The first-order valence-corrected chi connectivity index (χ1v) is 10.9. The summed E-state index contributed by atoms with van der Waals surface area (Å²) in [7, 11) is -1.99. The zero-order chi connectivity index (χ0) is 21.0. The van der Waals surface area contributed by atoms with Crippen LogP contribution < -0.4 is 15.0 Å². The second-order valence-corrected chi connectivity index (χ2v) is 8.65. The highest BCUT2D eigenvalue weighted by Gasteiger charge is 2.29. The molecule has 1 saturated heterocycles. The number of hydrogen-bond acceptors (Lipinski definition) is 8. The molecular formula is C20H22N6O3S. The van der Waals surface area contributed by atoms with Gasteiger partial charge in [-0.2, -0.15) is 4.31 Å². The van der Waals surface area contributed by atoms with Crippen molar-refractivity contribution < 1.29 is 13.2 Å². The Morgan fingerprint density at radius 2 is 1.73 bits per heavy atom. The van der Waals surface area contributed by atoms with Crippen LogP contribution in [0.25, 0.3) is 0 Å². The minimum atomic E-state index is -3.53. The molecule has 0 unspecified atom stereocenters. The minimum Gasteiger partial charge on any atom is -0.497 e. The van der Waals surface area contributed by atoms with E-state index in [2.05, 4.69) is 20.5 Å². The predicted octanol–water partition coefficient (Wildman–Crippen LogP) is 2.13. The summed E-state index contributed by atoms with van der Waals surface area (Å²) in [6.07, 6.45) is 3.41. The van der Waals surface area contributed by atoms with Crippen LogP contribution in [0.4, 0.5) is 17.3 Å². The average molecular weight is 427 g/mol. The predicted molar refractivity (Wildman–Crippen MR) is 114 cm³/mol. The first-order valence-electron chi connectivity index (χ1n) is 9.46. The van der Waals surface area contributed by atoms with E-state index < -0.39 is 10.0 Å². The number of hydrogen-bond donors (Lipinski definition) is 1. The van der Waals surface area contributed by atoms with E-state index >= 15 is 0 Å². The normalized spacial score (nSPS) is 15.0. The Hall–Kier alpha value is -3.24. The SMILES string of the molecule is COc1ccc(S(=O)(=O)N2CCN(c3ccc(Nc4cccnc4)nn3)CC2)cc1. The van der Waals surface area contributed by atoms with E-state index in [1.54, 1.807) is 43.8 Å². The molecule has 1 aromatic carbocycles. The van der Waals surface area contributed by atoms with Crippen LogP contribution >= 0.6 is 0 Å². The van der Waals surface area contributed by atoms with Crippen molar-refractivity contribution in [2.24, 2.45) is 0 Å². The number of nitrogens with zero attached hydrogens (tertiary/aromatic N) is 5. The molecule has 3 heterocycles. The molecule has 0 aliphatic carbocycles. The largest absolute Gasteiger partial charge is 0.497 e. The molecule has 2 aromatic heterocycles. The van der Waals surface area contributed by atoms with Gasteiger partial charge in [0, 0.05) is 32.4 Å². The molecule has 30 heavy (non-hydrogen) atoms. The average Bonchev–Trinajstić information content (AvgIpc) is 2.80. The summed E-state index contributed by atoms with van der Waals surface area (Å²) >= 11 is 0. The number of nitrogens with one attached hydrogen (secondary N) is 1. The van der Waals surface area contributed by atoms with E-state index in [0.29, 0.717) is 43.6 Å². The number of rotatable bonds is 6. The van der Waals surface area contributed by atoms with E-state index in [4.69, 9.17) is 4.74 Å². The van der Waals surface area contributed by atoms with Gasteiger partial charge in [0.15, 0.2) is 11.6 Å². The van der Waals surface area contributed by atoms with Crippen LogP contribution in [0.1, 0.15) is 0 Å². The summed E-state index contributed by atoms with van der Waals surface area (Å²) in [6, 6.07) is 13.9. The van der Waals surface area contributed by atoms with E-state index in [1.165, 1.54) is 4.31 Å². The first kappa shape index (κ1) is 20.0. The molecule has 0 radical (unpaired) electrons. The summed E-state index contributed by atoms with van der Waals surface area (Å²) < 4.78 is 32.3. The maximum atomic E-state index is 12.9. The van der Waals surface area contributed by atoms with Crippen LogP contribution in [0.15, 0.2) is 65.8 Å². The van der Waals surface area contributed by atoms with Gasteiger partial charge in [-0.25, -0.2) is 8.42 Å². The van der Waals surface area contributed by atoms with Gasteiger partial charge < -0.3 is 15.0 Å². The van der Waals surface area contributed by atoms with Crippen molar-refractivity contribution in [3.05, 3.63) is 60.9 Å². The number of benzene rings is 1. The zero-order valence-corrected chi connectivity index (χ0v) is 17.3. The Kier molecular flexibility index (Phi) is 5.77. The summed E-state index contributed by atoms with van der Waals surface area (Å²) in [5, 5.41) is 11.6. The van der Waals surface area contributed by atoms with Crippen molar-refractivity contribution in [1.29, 1.82) is 0 Å². The molecule has 156 valence electrons. The molecule has 0 saturated carbocycles. The van der Waals surface area contributed by atoms with Gasteiger partial charge >= 0.3 is 0 Å². The molecule has 1 aliphatic rings. The summed E-state index contributed by atoms with van der Waals surface area (Å²) in [6.45, 7) is 1.84.